The molecule has 0 atom stereocenters. The normalized spacial score (nSPS) is 11.8. The summed E-state index contributed by atoms with van der Waals surface area (Å²) < 4.78 is 29.9. The molecular formula is C19H19N5O2S2. The summed E-state index contributed by atoms with van der Waals surface area (Å²) in [5.74, 6) is 0. The van der Waals surface area contributed by atoms with Crippen LogP contribution in [0.4, 0.5) is 11.4 Å². The van der Waals surface area contributed by atoms with Gasteiger partial charge < -0.3 is 9.47 Å². The smallest absolute Gasteiger partial charge is 0.240 e. The minimum absolute atomic E-state index is 0.197. The summed E-state index contributed by atoms with van der Waals surface area (Å²) in [6.45, 7) is 0. The van der Waals surface area contributed by atoms with E-state index in [1.165, 1.54) is 7.05 Å². The van der Waals surface area contributed by atoms with Crippen LogP contribution in [0.25, 0.3) is 21.5 Å². The zero-order valence-corrected chi connectivity index (χ0v) is 17.3. The van der Waals surface area contributed by atoms with E-state index >= 15 is 0 Å². The van der Waals surface area contributed by atoms with Crippen LogP contribution in [0.1, 0.15) is 0 Å². The zero-order valence-electron chi connectivity index (χ0n) is 15.6. The van der Waals surface area contributed by atoms with E-state index in [4.69, 9.17) is 0 Å². The Morgan fingerprint density at radius 1 is 1.14 bits per heavy atom. The first-order valence-electron chi connectivity index (χ1n) is 8.52. The van der Waals surface area contributed by atoms with E-state index in [1.54, 1.807) is 35.9 Å². The summed E-state index contributed by atoms with van der Waals surface area (Å²) in [6, 6.07) is 11.2. The van der Waals surface area contributed by atoms with Crippen molar-refractivity contribution in [3.63, 3.8) is 0 Å². The van der Waals surface area contributed by atoms with Gasteiger partial charge in [-0.25, -0.2) is 23.1 Å². The molecule has 144 valence electrons. The van der Waals surface area contributed by atoms with Crippen LogP contribution in [0.3, 0.4) is 0 Å². The second-order valence-electron chi connectivity index (χ2n) is 6.37. The lowest BCUT2D eigenvalue weighted by atomic mass is 10.1. The molecule has 0 saturated heterocycles. The monoisotopic (exact) mass is 413 g/mol. The van der Waals surface area contributed by atoms with E-state index < -0.39 is 10.0 Å². The summed E-state index contributed by atoms with van der Waals surface area (Å²) in [6.07, 6.45) is 3.56. The molecule has 0 radical (unpaired) electrons. The van der Waals surface area contributed by atoms with Crippen LogP contribution in [0.15, 0.2) is 59.3 Å². The van der Waals surface area contributed by atoms with Gasteiger partial charge in [-0.2, -0.15) is 0 Å². The number of imidazole rings is 1. The summed E-state index contributed by atoms with van der Waals surface area (Å²) in [4.78, 5) is 11.0. The van der Waals surface area contributed by atoms with Crippen molar-refractivity contribution in [2.24, 2.45) is 7.05 Å². The lowest BCUT2D eigenvalue weighted by Gasteiger charge is -2.23. The second-order valence-corrected chi connectivity index (χ2v) is 9.15. The SMILES string of the molecule is CNS(=O)(=O)c1ccc(N(C)c2ccc3scnc3c2)c(-c2cn(C)cn2)c1. The Morgan fingerprint density at radius 3 is 2.68 bits per heavy atom. The molecule has 0 unspecified atom stereocenters. The Hall–Kier alpha value is -2.75. The van der Waals surface area contributed by atoms with Gasteiger partial charge in [-0.3, -0.25) is 0 Å². The minimum atomic E-state index is -3.56. The van der Waals surface area contributed by atoms with Crippen LogP contribution < -0.4 is 9.62 Å². The fraction of sp³-hybridized carbons (Fsp3) is 0.158. The highest BCUT2D eigenvalue weighted by Gasteiger charge is 2.19. The molecule has 0 fully saturated rings. The summed E-state index contributed by atoms with van der Waals surface area (Å²) in [7, 11) is 1.66. The maximum absolute atomic E-state index is 12.3. The van der Waals surface area contributed by atoms with Gasteiger partial charge in [-0.05, 0) is 43.4 Å². The van der Waals surface area contributed by atoms with Crippen LogP contribution in [0, 0.1) is 0 Å². The van der Waals surface area contributed by atoms with E-state index in [0.717, 1.165) is 27.2 Å². The van der Waals surface area contributed by atoms with E-state index in [1.807, 2.05) is 53.5 Å². The first-order chi connectivity index (χ1) is 13.4. The summed E-state index contributed by atoms with van der Waals surface area (Å²) in [5.41, 5.74) is 6.00. The Bertz CT molecular complexity index is 1260. The minimum Gasteiger partial charge on any atom is -0.344 e. The second kappa shape index (κ2) is 7.01. The van der Waals surface area contributed by atoms with Crippen molar-refractivity contribution in [1.29, 1.82) is 0 Å². The molecular weight excluding hydrogens is 394 g/mol. The molecule has 0 aliphatic carbocycles. The molecule has 9 heteroatoms. The number of aromatic nitrogens is 3. The largest absolute Gasteiger partial charge is 0.344 e. The molecule has 2 aromatic carbocycles. The highest BCUT2D eigenvalue weighted by atomic mass is 32.2. The fourth-order valence-electron chi connectivity index (χ4n) is 3.04. The number of rotatable bonds is 5. The van der Waals surface area contributed by atoms with Gasteiger partial charge in [0, 0.05) is 31.5 Å². The lowest BCUT2D eigenvalue weighted by Crippen LogP contribution is -2.19. The van der Waals surface area contributed by atoms with E-state index in [9.17, 15) is 8.42 Å². The molecule has 0 aliphatic heterocycles. The van der Waals surface area contributed by atoms with Gasteiger partial charge in [-0.15, -0.1) is 11.3 Å². The molecule has 0 bridgehead atoms. The molecule has 0 spiro atoms. The number of nitrogens with zero attached hydrogens (tertiary/aromatic N) is 4. The Kier molecular flexibility index (Phi) is 4.66. The number of nitrogens with one attached hydrogen (secondary N) is 1. The molecule has 2 aromatic heterocycles. The fourth-order valence-corrected chi connectivity index (χ4v) is 4.46. The predicted octanol–water partition coefficient (Wildman–Crippen LogP) is 3.37. The number of hydrogen-bond donors (Lipinski definition) is 1. The van der Waals surface area contributed by atoms with Crippen molar-refractivity contribution in [1.82, 2.24) is 19.3 Å². The molecule has 1 N–H and O–H groups in total. The molecule has 2 heterocycles. The molecule has 0 saturated carbocycles. The Balaban J connectivity index is 1.87. The van der Waals surface area contributed by atoms with Gasteiger partial charge in [0.25, 0.3) is 0 Å². The van der Waals surface area contributed by atoms with Gasteiger partial charge in [-0.1, -0.05) is 0 Å². The number of benzene rings is 2. The van der Waals surface area contributed by atoms with Crippen LogP contribution in [0.5, 0.6) is 0 Å². The quantitative estimate of drug-likeness (QED) is 0.543. The van der Waals surface area contributed by atoms with Gasteiger partial charge in [0.15, 0.2) is 0 Å². The van der Waals surface area contributed by atoms with Crippen molar-refractivity contribution in [3.05, 3.63) is 54.4 Å². The number of fused-ring (bicyclic) bond motifs is 1. The van der Waals surface area contributed by atoms with Crippen LogP contribution in [-0.2, 0) is 17.1 Å². The molecule has 28 heavy (non-hydrogen) atoms. The Morgan fingerprint density at radius 2 is 1.96 bits per heavy atom. The third-order valence-corrected chi connectivity index (χ3v) is 6.81. The standard InChI is InChI=1S/C19H19N5O2S2/c1-20-28(25,26)14-5-6-18(15(9-14)17-10-23(2)11-21-17)24(3)13-4-7-19-16(8-13)22-12-27-19/h4-12,20H,1-3H3. The average Bonchev–Trinajstić information content (AvgIpc) is 3.35. The maximum atomic E-state index is 12.3. The van der Waals surface area contributed by atoms with Crippen LogP contribution in [0.2, 0.25) is 0 Å². The average molecular weight is 414 g/mol. The first kappa shape index (κ1) is 18.6. The lowest BCUT2D eigenvalue weighted by molar-refractivity contribution is 0.588. The van der Waals surface area contributed by atoms with Crippen molar-refractivity contribution in [2.45, 2.75) is 4.90 Å². The molecule has 7 nitrogen and oxygen atoms in total. The maximum Gasteiger partial charge on any atom is 0.240 e. The van der Waals surface area contributed by atoms with Gasteiger partial charge in [0.05, 0.1) is 38.3 Å². The number of sulfonamides is 1. The zero-order chi connectivity index (χ0) is 19.9. The van der Waals surface area contributed by atoms with Crippen molar-refractivity contribution >= 4 is 43.0 Å². The third-order valence-electron chi connectivity index (χ3n) is 4.59. The molecule has 0 amide bonds. The summed E-state index contributed by atoms with van der Waals surface area (Å²) >= 11 is 1.60. The highest BCUT2D eigenvalue weighted by molar-refractivity contribution is 7.89. The number of hydrogen-bond acceptors (Lipinski definition) is 6. The number of aryl methyl sites for hydroxylation is 1. The Labute approximate surface area is 167 Å². The first-order valence-corrected chi connectivity index (χ1v) is 10.9. The van der Waals surface area contributed by atoms with Gasteiger partial charge >= 0.3 is 0 Å². The van der Waals surface area contributed by atoms with Crippen LogP contribution >= 0.6 is 11.3 Å². The molecule has 0 aliphatic rings. The van der Waals surface area contributed by atoms with Gasteiger partial charge in [0.1, 0.15) is 0 Å². The van der Waals surface area contributed by atoms with E-state index in [0.29, 0.717) is 5.69 Å². The van der Waals surface area contributed by atoms with Gasteiger partial charge in [0.2, 0.25) is 10.0 Å². The molecule has 4 rings (SSSR count). The summed E-state index contributed by atoms with van der Waals surface area (Å²) in [5, 5.41) is 0. The topological polar surface area (TPSA) is 80.1 Å². The number of thiazole rings is 1. The van der Waals surface area contributed by atoms with Crippen molar-refractivity contribution < 1.29 is 8.42 Å². The third kappa shape index (κ3) is 3.28. The predicted molar refractivity (Wildman–Crippen MR) is 113 cm³/mol. The van der Waals surface area contributed by atoms with Crippen molar-refractivity contribution in [2.75, 3.05) is 19.0 Å². The van der Waals surface area contributed by atoms with E-state index in [2.05, 4.69) is 14.7 Å². The number of anilines is 2. The highest BCUT2D eigenvalue weighted by Crippen LogP contribution is 2.36. The van der Waals surface area contributed by atoms with Crippen LogP contribution in [-0.4, -0.2) is 37.0 Å². The molecule has 4 aromatic rings. The van der Waals surface area contributed by atoms with E-state index in [-0.39, 0.29) is 4.90 Å². The van der Waals surface area contributed by atoms with Crippen molar-refractivity contribution in [3.8, 4) is 11.3 Å².